The van der Waals surface area contributed by atoms with Crippen molar-refractivity contribution in [2.24, 2.45) is 0 Å². The molecule has 110 valence electrons. The van der Waals surface area contributed by atoms with Crippen LogP contribution in [0.2, 0.25) is 5.15 Å². The second kappa shape index (κ2) is 5.49. The van der Waals surface area contributed by atoms with E-state index in [0.717, 1.165) is 24.7 Å². The van der Waals surface area contributed by atoms with Crippen LogP contribution in [0.4, 0.5) is 5.82 Å². The number of halogens is 1. The Labute approximate surface area is 126 Å². The molecule has 0 aromatic carbocycles. The summed E-state index contributed by atoms with van der Waals surface area (Å²) in [7, 11) is 0. The first-order chi connectivity index (χ1) is 9.54. The van der Waals surface area contributed by atoms with Crippen LogP contribution in [0, 0.1) is 0 Å². The molecule has 2 atom stereocenters. The quantitative estimate of drug-likeness (QED) is 0.785. The molecule has 0 spiro atoms. The Kier molecular flexibility index (Phi) is 3.87. The number of hydrogen-bond acceptors (Lipinski definition) is 4. The van der Waals surface area contributed by atoms with Gasteiger partial charge in [0, 0.05) is 37.2 Å². The Morgan fingerprint density at radius 1 is 1.30 bits per heavy atom. The summed E-state index contributed by atoms with van der Waals surface area (Å²) in [6.07, 6.45) is 2.63. The Hall–Kier alpha value is -0.870. The number of anilines is 1. The lowest BCUT2D eigenvalue weighted by atomic mass is 10.1. The van der Waals surface area contributed by atoms with Crippen LogP contribution in [0.5, 0.6) is 0 Å². The van der Waals surface area contributed by atoms with Gasteiger partial charge in [-0.15, -0.1) is 0 Å². The third-order valence-electron chi connectivity index (χ3n) is 4.45. The average Bonchev–Trinajstić information content (AvgIpc) is 2.83. The fourth-order valence-electron chi connectivity index (χ4n) is 3.33. The highest BCUT2D eigenvalue weighted by molar-refractivity contribution is 6.29. The number of rotatable bonds is 2. The van der Waals surface area contributed by atoms with Gasteiger partial charge in [0.05, 0.1) is 0 Å². The van der Waals surface area contributed by atoms with Crippen LogP contribution in [0.1, 0.15) is 45.4 Å². The van der Waals surface area contributed by atoms with Crippen molar-refractivity contribution in [3.8, 4) is 0 Å². The van der Waals surface area contributed by atoms with Crippen molar-refractivity contribution in [1.82, 2.24) is 14.9 Å². The van der Waals surface area contributed by atoms with Crippen molar-refractivity contribution in [2.75, 3.05) is 24.5 Å². The molecule has 2 unspecified atom stereocenters. The standard InChI is InChI=1S/C15H23ClN4/c1-10(2)15-17-13(16)7-14(18-15)20-9-12-5-4-6-19(12)8-11(20)3/h7,10-12H,4-6,8-9H2,1-3H3. The van der Waals surface area contributed by atoms with E-state index in [2.05, 4.69) is 35.6 Å². The van der Waals surface area contributed by atoms with E-state index in [1.807, 2.05) is 6.07 Å². The van der Waals surface area contributed by atoms with Gasteiger partial charge in [-0.1, -0.05) is 25.4 Å². The van der Waals surface area contributed by atoms with E-state index in [4.69, 9.17) is 16.6 Å². The summed E-state index contributed by atoms with van der Waals surface area (Å²) in [5.74, 6) is 2.14. The molecule has 2 aliphatic heterocycles. The first-order valence-corrected chi connectivity index (χ1v) is 7.97. The van der Waals surface area contributed by atoms with E-state index in [9.17, 15) is 0 Å². The largest absolute Gasteiger partial charge is 0.351 e. The summed E-state index contributed by atoms with van der Waals surface area (Å²) in [4.78, 5) is 14.1. The number of piperazine rings is 1. The van der Waals surface area contributed by atoms with Gasteiger partial charge in [0.2, 0.25) is 0 Å². The van der Waals surface area contributed by atoms with Gasteiger partial charge < -0.3 is 4.90 Å². The summed E-state index contributed by atoms with van der Waals surface area (Å²) in [5.41, 5.74) is 0. The maximum atomic E-state index is 6.18. The number of nitrogens with zero attached hydrogens (tertiary/aromatic N) is 4. The van der Waals surface area contributed by atoms with Crippen LogP contribution in [-0.4, -0.2) is 46.6 Å². The molecule has 2 fully saturated rings. The molecule has 0 radical (unpaired) electrons. The summed E-state index contributed by atoms with van der Waals surface area (Å²) in [6, 6.07) is 3.08. The van der Waals surface area contributed by atoms with Crippen LogP contribution < -0.4 is 4.90 Å². The predicted molar refractivity (Wildman–Crippen MR) is 82.5 cm³/mol. The minimum absolute atomic E-state index is 0.301. The van der Waals surface area contributed by atoms with Gasteiger partial charge in [0.15, 0.2) is 0 Å². The molecule has 5 heteroatoms. The van der Waals surface area contributed by atoms with E-state index in [0.29, 0.717) is 23.2 Å². The second-order valence-electron chi connectivity index (χ2n) is 6.35. The zero-order valence-corrected chi connectivity index (χ0v) is 13.3. The van der Waals surface area contributed by atoms with Crippen molar-refractivity contribution in [1.29, 1.82) is 0 Å². The molecule has 1 aromatic heterocycles. The highest BCUT2D eigenvalue weighted by Crippen LogP contribution is 2.29. The van der Waals surface area contributed by atoms with Crippen LogP contribution in [-0.2, 0) is 0 Å². The van der Waals surface area contributed by atoms with Crippen LogP contribution in [0.15, 0.2) is 6.07 Å². The van der Waals surface area contributed by atoms with Crippen molar-refractivity contribution in [3.05, 3.63) is 17.0 Å². The summed E-state index contributed by atoms with van der Waals surface area (Å²) < 4.78 is 0. The zero-order valence-electron chi connectivity index (χ0n) is 12.5. The third-order valence-corrected chi connectivity index (χ3v) is 4.64. The van der Waals surface area contributed by atoms with Crippen LogP contribution >= 0.6 is 11.6 Å². The molecule has 0 N–H and O–H groups in total. The van der Waals surface area contributed by atoms with Crippen molar-refractivity contribution in [2.45, 2.75) is 51.6 Å². The lowest BCUT2D eigenvalue weighted by molar-refractivity contribution is 0.202. The summed E-state index contributed by atoms with van der Waals surface area (Å²) >= 11 is 6.18. The van der Waals surface area contributed by atoms with Crippen molar-refractivity contribution >= 4 is 17.4 Å². The van der Waals surface area contributed by atoms with E-state index in [1.54, 1.807) is 0 Å². The Morgan fingerprint density at radius 2 is 2.10 bits per heavy atom. The van der Waals surface area contributed by atoms with Gasteiger partial charge in [-0.25, -0.2) is 9.97 Å². The molecule has 0 saturated carbocycles. The Bertz CT molecular complexity index is 491. The second-order valence-corrected chi connectivity index (χ2v) is 6.74. The van der Waals surface area contributed by atoms with E-state index < -0.39 is 0 Å². The maximum absolute atomic E-state index is 6.18. The lowest BCUT2D eigenvalue weighted by Crippen LogP contribution is -2.55. The van der Waals surface area contributed by atoms with Gasteiger partial charge in [0.25, 0.3) is 0 Å². The van der Waals surface area contributed by atoms with Crippen LogP contribution in [0.25, 0.3) is 0 Å². The molecule has 2 saturated heterocycles. The number of hydrogen-bond donors (Lipinski definition) is 0. The highest BCUT2D eigenvalue weighted by Gasteiger charge is 2.35. The minimum Gasteiger partial charge on any atom is -0.351 e. The van der Waals surface area contributed by atoms with Crippen molar-refractivity contribution in [3.63, 3.8) is 0 Å². The summed E-state index contributed by atoms with van der Waals surface area (Å²) in [5, 5.41) is 0.555. The van der Waals surface area contributed by atoms with Gasteiger partial charge in [-0.3, -0.25) is 4.90 Å². The molecular formula is C15H23ClN4. The molecule has 0 amide bonds. The fraction of sp³-hybridized carbons (Fsp3) is 0.733. The van der Waals surface area contributed by atoms with Gasteiger partial charge in [0.1, 0.15) is 16.8 Å². The van der Waals surface area contributed by atoms with Gasteiger partial charge >= 0.3 is 0 Å². The SMILES string of the molecule is CC(C)c1nc(Cl)cc(N2CC3CCCN3CC2C)n1. The van der Waals surface area contributed by atoms with Crippen LogP contribution in [0.3, 0.4) is 0 Å². The minimum atomic E-state index is 0.301. The number of aromatic nitrogens is 2. The highest BCUT2D eigenvalue weighted by atomic mass is 35.5. The van der Waals surface area contributed by atoms with E-state index in [-0.39, 0.29) is 0 Å². The first kappa shape index (κ1) is 14.1. The lowest BCUT2D eigenvalue weighted by Gasteiger charge is -2.43. The topological polar surface area (TPSA) is 32.3 Å². The Morgan fingerprint density at radius 3 is 2.85 bits per heavy atom. The molecule has 3 rings (SSSR count). The molecule has 20 heavy (non-hydrogen) atoms. The van der Waals surface area contributed by atoms with Gasteiger partial charge in [-0.05, 0) is 26.3 Å². The maximum Gasteiger partial charge on any atom is 0.135 e. The molecule has 0 aliphatic carbocycles. The first-order valence-electron chi connectivity index (χ1n) is 7.59. The average molecular weight is 295 g/mol. The molecule has 3 heterocycles. The zero-order chi connectivity index (χ0) is 14.3. The van der Waals surface area contributed by atoms with Gasteiger partial charge in [-0.2, -0.15) is 0 Å². The number of fused-ring (bicyclic) bond motifs is 1. The monoisotopic (exact) mass is 294 g/mol. The normalized spacial score (nSPS) is 27.1. The molecule has 4 nitrogen and oxygen atoms in total. The molecule has 2 aliphatic rings. The molecule has 1 aromatic rings. The smallest absolute Gasteiger partial charge is 0.135 e. The van der Waals surface area contributed by atoms with E-state index in [1.165, 1.54) is 19.4 Å². The predicted octanol–water partition coefficient (Wildman–Crippen LogP) is 2.93. The fourth-order valence-corrected chi connectivity index (χ4v) is 3.52. The Balaban J connectivity index is 1.87. The van der Waals surface area contributed by atoms with Crippen molar-refractivity contribution < 1.29 is 0 Å². The molecule has 0 bridgehead atoms. The molecular weight excluding hydrogens is 272 g/mol. The van der Waals surface area contributed by atoms with E-state index >= 15 is 0 Å². The third kappa shape index (κ3) is 2.63. The summed E-state index contributed by atoms with van der Waals surface area (Å²) in [6.45, 7) is 9.93.